The zero-order valence-electron chi connectivity index (χ0n) is 12.9. The molecule has 0 bridgehead atoms. The lowest BCUT2D eigenvalue weighted by molar-refractivity contribution is -0.136. The molecule has 4 nitrogen and oxygen atoms in total. The number of nitrogens with one attached hydrogen (secondary N) is 1. The van der Waals surface area contributed by atoms with Gasteiger partial charge in [0, 0.05) is 13.0 Å². The minimum atomic E-state index is -2.35. The normalized spacial score (nSPS) is 10.6. The molecule has 0 aliphatic rings. The van der Waals surface area contributed by atoms with Gasteiger partial charge in [0.05, 0.1) is 6.42 Å². The number of benzene rings is 1. The van der Waals surface area contributed by atoms with Crippen molar-refractivity contribution in [1.29, 1.82) is 0 Å². The molecule has 0 saturated heterocycles. The maximum Gasteiger partial charge on any atom is 0.311 e. The maximum atomic E-state index is 13.3. The highest BCUT2D eigenvalue weighted by Gasteiger charge is 2.28. The monoisotopic (exact) mass is 353 g/mol. The lowest BCUT2D eigenvalue weighted by Gasteiger charge is -2.09. The van der Waals surface area contributed by atoms with E-state index >= 15 is 0 Å². The summed E-state index contributed by atoms with van der Waals surface area (Å²) >= 11 is 0. The summed E-state index contributed by atoms with van der Waals surface area (Å²) in [6, 6.07) is 0. The summed E-state index contributed by atoms with van der Waals surface area (Å²) < 4.78 is 69.6. The second-order valence-corrected chi connectivity index (χ2v) is 4.93. The molecule has 0 atom stereocenters. The largest absolute Gasteiger partial charge is 0.420 e. The Bertz CT molecular complexity index is 593. The molecule has 9 heteroatoms. The number of esters is 1. The van der Waals surface area contributed by atoms with Crippen molar-refractivity contribution in [3.63, 3.8) is 0 Å². The second kappa shape index (κ2) is 9.19. The summed E-state index contributed by atoms with van der Waals surface area (Å²) in [5.41, 5.74) is 0. The molecule has 0 aromatic heterocycles. The van der Waals surface area contributed by atoms with Gasteiger partial charge in [-0.15, -0.1) is 0 Å². The Morgan fingerprint density at radius 3 is 1.96 bits per heavy atom. The molecule has 0 fully saturated rings. The maximum absolute atomic E-state index is 13.3. The number of carbonyl (C=O) groups is 2. The standard InChI is InChI=1S/C15H16F5NO3/c1-2-3-4-7-21-8(22)5-6-9(23)24-15-13(19)11(17)10(16)12(18)14(15)20/h2-7H2,1H3,(H,21,22). The zero-order valence-corrected chi connectivity index (χ0v) is 12.9. The molecule has 134 valence electrons. The third kappa shape index (κ3) is 5.17. The molecule has 24 heavy (non-hydrogen) atoms. The highest BCUT2D eigenvalue weighted by molar-refractivity contribution is 5.82. The van der Waals surface area contributed by atoms with Crippen LogP contribution in [0.25, 0.3) is 0 Å². The SMILES string of the molecule is CCCCCNC(=O)CCC(=O)Oc1c(F)c(F)c(F)c(F)c1F. The number of ether oxygens (including phenoxy) is 1. The van der Waals surface area contributed by atoms with Gasteiger partial charge in [0.15, 0.2) is 0 Å². The lowest BCUT2D eigenvalue weighted by atomic mass is 10.2. The smallest absolute Gasteiger partial charge is 0.311 e. The van der Waals surface area contributed by atoms with Crippen LogP contribution in [0.5, 0.6) is 5.75 Å². The summed E-state index contributed by atoms with van der Waals surface area (Å²) in [5, 5.41) is 2.52. The third-order valence-corrected chi connectivity index (χ3v) is 3.04. The molecule has 1 rings (SSSR count). The van der Waals surface area contributed by atoms with Crippen LogP contribution in [0.1, 0.15) is 39.0 Å². The average molecular weight is 353 g/mol. The molecule has 0 radical (unpaired) electrons. The Morgan fingerprint density at radius 1 is 0.875 bits per heavy atom. The fourth-order valence-electron chi connectivity index (χ4n) is 1.75. The van der Waals surface area contributed by atoms with E-state index in [0.29, 0.717) is 6.54 Å². The molecule has 1 amide bonds. The fraction of sp³-hybridized carbons (Fsp3) is 0.467. The van der Waals surface area contributed by atoms with Crippen molar-refractivity contribution in [3.8, 4) is 5.75 Å². The van der Waals surface area contributed by atoms with Crippen LogP contribution in [0.4, 0.5) is 22.0 Å². The number of amides is 1. The van der Waals surface area contributed by atoms with E-state index in [0.717, 1.165) is 19.3 Å². The van der Waals surface area contributed by atoms with Crippen LogP contribution >= 0.6 is 0 Å². The van der Waals surface area contributed by atoms with E-state index in [9.17, 15) is 31.5 Å². The van der Waals surface area contributed by atoms with Gasteiger partial charge < -0.3 is 10.1 Å². The van der Waals surface area contributed by atoms with Crippen LogP contribution in [0.3, 0.4) is 0 Å². The van der Waals surface area contributed by atoms with Crippen molar-refractivity contribution >= 4 is 11.9 Å². The van der Waals surface area contributed by atoms with E-state index in [1.54, 1.807) is 0 Å². The van der Waals surface area contributed by atoms with Crippen molar-refractivity contribution in [2.45, 2.75) is 39.0 Å². The van der Waals surface area contributed by atoms with E-state index in [1.807, 2.05) is 6.92 Å². The predicted octanol–water partition coefficient (Wildman–Crippen LogP) is 3.37. The average Bonchev–Trinajstić information content (AvgIpc) is 2.57. The Balaban J connectivity index is 2.59. The van der Waals surface area contributed by atoms with Crippen LogP contribution in [-0.4, -0.2) is 18.4 Å². The highest BCUT2D eigenvalue weighted by atomic mass is 19.2. The number of hydrogen-bond donors (Lipinski definition) is 1. The summed E-state index contributed by atoms with van der Waals surface area (Å²) in [6.45, 7) is 2.40. The van der Waals surface area contributed by atoms with Gasteiger partial charge in [-0.1, -0.05) is 19.8 Å². The van der Waals surface area contributed by atoms with Crippen molar-refractivity contribution in [2.24, 2.45) is 0 Å². The first kappa shape index (κ1) is 19.9. The van der Waals surface area contributed by atoms with Crippen molar-refractivity contribution in [3.05, 3.63) is 29.1 Å². The number of halogens is 5. The Kier molecular flexibility index (Phi) is 7.60. The van der Waals surface area contributed by atoms with Gasteiger partial charge in [-0.05, 0) is 6.42 Å². The molecular formula is C15H16F5NO3. The molecule has 1 N–H and O–H groups in total. The number of rotatable bonds is 8. The van der Waals surface area contributed by atoms with Crippen molar-refractivity contribution < 1.29 is 36.3 Å². The Labute approximate surface area is 135 Å². The van der Waals surface area contributed by atoms with E-state index in [-0.39, 0.29) is 6.42 Å². The molecule has 0 heterocycles. The molecule has 0 spiro atoms. The van der Waals surface area contributed by atoms with Gasteiger partial charge in [0.2, 0.25) is 40.7 Å². The van der Waals surface area contributed by atoms with Crippen LogP contribution in [0.15, 0.2) is 0 Å². The molecule has 0 saturated carbocycles. The highest BCUT2D eigenvalue weighted by Crippen LogP contribution is 2.29. The number of unbranched alkanes of at least 4 members (excludes halogenated alkanes) is 2. The minimum Gasteiger partial charge on any atom is -0.420 e. The summed E-state index contributed by atoms with van der Waals surface area (Å²) in [5.74, 6) is -14.7. The second-order valence-electron chi connectivity index (χ2n) is 4.93. The van der Waals surface area contributed by atoms with Crippen LogP contribution in [0, 0.1) is 29.1 Å². The first-order chi connectivity index (χ1) is 11.3. The topological polar surface area (TPSA) is 55.4 Å². The first-order valence-corrected chi connectivity index (χ1v) is 7.28. The van der Waals surface area contributed by atoms with Gasteiger partial charge in [0.25, 0.3) is 0 Å². The molecule has 1 aromatic rings. The molecule has 1 aromatic carbocycles. The molecule has 0 aliphatic heterocycles. The van der Waals surface area contributed by atoms with E-state index < -0.39 is 53.1 Å². The number of carbonyl (C=O) groups excluding carboxylic acids is 2. The summed E-state index contributed by atoms with van der Waals surface area (Å²) in [7, 11) is 0. The van der Waals surface area contributed by atoms with E-state index in [2.05, 4.69) is 10.1 Å². The van der Waals surface area contributed by atoms with E-state index in [4.69, 9.17) is 0 Å². The van der Waals surface area contributed by atoms with Gasteiger partial charge in [-0.3, -0.25) is 9.59 Å². The van der Waals surface area contributed by atoms with Crippen LogP contribution in [-0.2, 0) is 9.59 Å². The van der Waals surface area contributed by atoms with Crippen molar-refractivity contribution in [1.82, 2.24) is 5.32 Å². The first-order valence-electron chi connectivity index (χ1n) is 7.28. The van der Waals surface area contributed by atoms with Crippen molar-refractivity contribution in [2.75, 3.05) is 6.54 Å². The quantitative estimate of drug-likeness (QED) is 0.195. The van der Waals surface area contributed by atoms with Crippen LogP contribution < -0.4 is 10.1 Å². The zero-order chi connectivity index (χ0) is 18.3. The molecule has 0 unspecified atom stereocenters. The van der Waals surface area contributed by atoms with Gasteiger partial charge >= 0.3 is 5.97 Å². The molecule has 0 aliphatic carbocycles. The van der Waals surface area contributed by atoms with E-state index in [1.165, 1.54) is 0 Å². The number of hydrogen-bond acceptors (Lipinski definition) is 3. The Hall–Kier alpha value is -2.19. The molecular weight excluding hydrogens is 337 g/mol. The third-order valence-electron chi connectivity index (χ3n) is 3.04. The fourth-order valence-corrected chi connectivity index (χ4v) is 1.75. The summed E-state index contributed by atoms with van der Waals surface area (Å²) in [4.78, 5) is 22.8. The minimum absolute atomic E-state index is 0.333. The Morgan fingerprint density at radius 2 is 1.42 bits per heavy atom. The summed E-state index contributed by atoms with van der Waals surface area (Å²) in [6.07, 6.45) is 1.74. The predicted molar refractivity (Wildman–Crippen MR) is 73.6 cm³/mol. The van der Waals surface area contributed by atoms with Crippen LogP contribution in [0.2, 0.25) is 0 Å². The van der Waals surface area contributed by atoms with Gasteiger partial charge in [-0.25, -0.2) is 13.2 Å². The lowest BCUT2D eigenvalue weighted by Crippen LogP contribution is -2.25. The van der Waals surface area contributed by atoms with Gasteiger partial charge in [0.1, 0.15) is 0 Å². The van der Waals surface area contributed by atoms with Gasteiger partial charge in [-0.2, -0.15) is 8.78 Å².